The van der Waals surface area contributed by atoms with Crippen molar-refractivity contribution in [3.8, 4) is 11.4 Å². The summed E-state index contributed by atoms with van der Waals surface area (Å²) >= 11 is 1.48. The molecule has 4 rings (SSSR count). The summed E-state index contributed by atoms with van der Waals surface area (Å²) in [6, 6.07) is 13.6. The zero-order valence-corrected chi connectivity index (χ0v) is 20.2. The molecule has 0 unspecified atom stereocenters. The van der Waals surface area contributed by atoms with Crippen LogP contribution in [0.5, 0.6) is 5.75 Å². The van der Waals surface area contributed by atoms with Crippen LogP contribution >= 0.6 is 11.8 Å². The van der Waals surface area contributed by atoms with Crippen molar-refractivity contribution >= 4 is 17.7 Å². The largest absolute Gasteiger partial charge is 0.496 e. The normalized spacial score (nSPS) is 13.2. The average molecular weight is 497 g/mol. The zero-order chi connectivity index (χ0) is 24.6. The molecule has 1 aromatic heterocycles. The molecule has 0 aliphatic heterocycles. The Bertz CT molecular complexity index is 1240. The molecule has 1 aliphatic rings. The Hall–Kier alpha value is -3.46. The monoisotopic (exact) mass is 496 g/mol. The van der Waals surface area contributed by atoms with Crippen LogP contribution in [0, 0.1) is 5.82 Å². The van der Waals surface area contributed by atoms with Crippen molar-refractivity contribution in [3.05, 3.63) is 89.3 Å². The molecule has 1 N–H and O–H groups in total. The number of benzene rings is 2. The smallest absolute Gasteiger partial charge is 0.220 e. The number of methoxy groups -OCH3 is 1. The van der Waals surface area contributed by atoms with Gasteiger partial charge >= 0.3 is 0 Å². The second kappa shape index (κ2) is 11.8. The summed E-state index contributed by atoms with van der Waals surface area (Å²) < 4.78 is 34.0. The number of nitrogens with zero attached hydrogens (tertiary/aromatic N) is 3. The first kappa shape index (κ1) is 24.7. The molecule has 0 fully saturated rings. The van der Waals surface area contributed by atoms with Gasteiger partial charge in [-0.25, -0.2) is 8.78 Å². The Morgan fingerprint density at radius 1 is 1.09 bits per heavy atom. The van der Waals surface area contributed by atoms with E-state index in [1.807, 2.05) is 28.8 Å². The quantitative estimate of drug-likeness (QED) is 0.384. The molecule has 1 amide bonds. The molecule has 9 heteroatoms. The number of para-hydroxylation sites is 1. The third-order valence-electron chi connectivity index (χ3n) is 5.60. The van der Waals surface area contributed by atoms with E-state index in [0.29, 0.717) is 48.2 Å². The molecule has 2 aromatic carbocycles. The molecule has 35 heavy (non-hydrogen) atoms. The van der Waals surface area contributed by atoms with Gasteiger partial charge in [0.1, 0.15) is 23.2 Å². The highest BCUT2D eigenvalue weighted by Gasteiger charge is 2.17. The molecule has 0 bridgehead atoms. The second-order valence-electron chi connectivity index (χ2n) is 8.03. The maximum Gasteiger partial charge on any atom is 0.220 e. The molecule has 0 atom stereocenters. The number of thioether (sulfide) groups is 1. The standard InChI is InChI=1S/C26H26F2N4O2S/c1-34-23-5-3-2-4-19(23)16-29-25(33)15-14-24-30-31-26(32(24)22-12-10-21(28)11-13-22)35-17-18-6-8-20(27)9-7-18/h2-6,8,10-13H,7,9,14-17H2,1H3,(H,29,33). The van der Waals surface area contributed by atoms with E-state index in [9.17, 15) is 13.6 Å². The number of hydrogen-bond acceptors (Lipinski definition) is 5. The van der Waals surface area contributed by atoms with Gasteiger partial charge in [-0.1, -0.05) is 41.6 Å². The van der Waals surface area contributed by atoms with E-state index >= 15 is 0 Å². The lowest BCUT2D eigenvalue weighted by atomic mass is 10.1. The van der Waals surface area contributed by atoms with Gasteiger partial charge in [0.2, 0.25) is 5.91 Å². The molecule has 6 nitrogen and oxygen atoms in total. The lowest BCUT2D eigenvalue weighted by Gasteiger charge is -2.13. The predicted molar refractivity (Wildman–Crippen MR) is 132 cm³/mol. The van der Waals surface area contributed by atoms with Gasteiger partial charge in [0, 0.05) is 42.8 Å². The maximum absolute atomic E-state index is 13.5. The van der Waals surface area contributed by atoms with E-state index in [-0.39, 0.29) is 24.0 Å². The number of aryl methyl sites for hydroxylation is 1. The molecular weight excluding hydrogens is 470 g/mol. The van der Waals surface area contributed by atoms with Crippen LogP contribution in [-0.4, -0.2) is 33.5 Å². The van der Waals surface area contributed by atoms with Gasteiger partial charge in [-0.15, -0.1) is 10.2 Å². The summed E-state index contributed by atoms with van der Waals surface area (Å²) in [6.07, 6.45) is 4.95. The summed E-state index contributed by atoms with van der Waals surface area (Å²) in [5.74, 6) is 1.39. The summed E-state index contributed by atoms with van der Waals surface area (Å²) in [4.78, 5) is 12.5. The topological polar surface area (TPSA) is 69.0 Å². The molecule has 182 valence electrons. The minimum atomic E-state index is -0.338. The highest BCUT2D eigenvalue weighted by Crippen LogP contribution is 2.28. The lowest BCUT2D eigenvalue weighted by molar-refractivity contribution is -0.121. The number of amides is 1. The van der Waals surface area contributed by atoms with E-state index in [0.717, 1.165) is 16.9 Å². The molecule has 0 saturated heterocycles. The van der Waals surface area contributed by atoms with Crippen LogP contribution in [0.4, 0.5) is 8.78 Å². The van der Waals surface area contributed by atoms with Gasteiger partial charge in [-0.05, 0) is 42.8 Å². The predicted octanol–water partition coefficient (Wildman–Crippen LogP) is 5.33. The fourth-order valence-electron chi connectivity index (χ4n) is 3.69. The summed E-state index contributed by atoms with van der Waals surface area (Å²) in [5.41, 5.74) is 2.72. The third kappa shape index (κ3) is 6.57. The summed E-state index contributed by atoms with van der Waals surface area (Å²) in [6.45, 7) is 0.360. The number of halogens is 2. The number of nitrogens with one attached hydrogen (secondary N) is 1. The van der Waals surface area contributed by atoms with Gasteiger partial charge in [0.05, 0.1) is 7.11 Å². The highest BCUT2D eigenvalue weighted by molar-refractivity contribution is 7.99. The first-order valence-corrected chi connectivity index (χ1v) is 12.3. The van der Waals surface area contributed by atoms with E-state index in [1.165, 1.54) is 30.0 Å². The van der Waals surface area contributed by atoms with E-state index in [1.54, 1.807) is 25.3 Å². The highest BCUT2D eigenvalue weighted by atomic mass is 32.2. The van der Waals surface area contributed by atoms with Crippen LogP contribution in [0.25, 0.3) is 5.69 Å². The van der Waals surface area contributed by atoms with Crippen LogP contribution in [0.2, 0.25) is 0 Å². The molecule has 0 radical (unpaired) electrons. The first-order valence-electron chi connectivity index (χ1n) is 11.3. The van der Waals surface area contributed by atoms with Crippen molar-refractivity contribution < 1.29 is 18.3 Å². The molecule has 1 aliphatic carbocycles. The van der Waals surface area contributed by atoms with Gasteiger partial charge in [-0.3, -0.25) is 9.36 Å². The van der Waals surface area contributed by atoms with Gasteiger partial charge in [-0.2, -0.15) is 0 Å². The number of rotatable bonds is 10. The SMILES string of the molecule is COc1ccccc1CNC(=O)CCc1nnc(SCC2=CC=C(F)CC2)n1-c1ccc(F)cc1. The average Bonchev–Trinajstić information content (AvgIpc) is 3.29. The Morgan fingerprint density at radius 3 is 2.63 bits per heavy atom. The van der Waals surface area contributed by atoms with E-state index < -0.39 is 0 Å². The number of carbonyl (C=O) groups is 1. The van der Waals surface area contributed by atoms with Crippen molar-refractivity contribution in [1.82, 2.24) is 20.1 Å². The lowest BCUT2D eigenvalue weighted by Crippen LogP contribution is -2.23. The number of carbonyl (C=O) groups excluding carboxylic acids is 1. The Labute approximate surface area is 207 Å². The molecule has 0 spiro atoms. The van der Waals surface area contributed by atoms with E-state index in [4.69, 9.17) is 4.74 Å². The van der Waals surface area contributed by atoms with Gasteiger partial charge < -0.3 is 10.1 Å². The fourth-order valence-corrected chi connectivity index (χ4v) is 4.69. The van der Waals surface area contributed by atoms with Gasteiger partial charge in [0.15, 0.2) is 5.16 Å². The fraction of sp³-hybridized carbons (Fsp3) is 0.269. The van der Waals surface area contributed by atoms with Crippen LogP contribution in [-0.2, 0) is 17.8 Å². The van der Waals surface area contributed by atoms with Crippen LogP contribution in [0.3, 0.4) is 0 Å². The number of hydrogen-bond donors (Lipinski definition) is 1. The van der Waals surface area contributed by atoms with Crippen molar-refractivity contribution in [1.29, 1.82) is 0 Å². The van der Waals surface area contributed by atoms with Crippen LogP contribution in [0.1, 0.15) is 30.7 Å². The molecule has 1 heterocycles. The number of allylic oxidation sites excluding steroid dienone is 3. The Balaban J connectivity index is 1.44. The minimum absolute atomic E-state index is 0.112. The molecular formula is C26H26F2N4O2S. The second-order valence-corrected chi connectivity index (χ2v) is 8.97. The molecule has 3 aromatic rings. The number of ether oxygens (including phenoxy) is 1. The van der Waals surface area contributed by atoms with E-state index in [2.05, 4.69) is 15.5 Å². The van der Waals surface area contributed by atoms with Crippen LogP contribution in [0.15, 0.2) is 77.2 Å². The third-order valence-corrected chi connectivity index (χ3v) is 6.64. The first-order chi connectivity index (χ1) is 17.0. The summed E-state index contributed by atoms with van der Waals surface area (Å²) in [5, 5.41) is 12.2. The van der Waals surface area contributed by atoms with Gasteiger partial charge in [0.25, 0.3) is 0 Å². The van der Waals surface area contributed by atoms with Crippen molar-refractivity contribution in [2.45, 2.75) is 37.4 Å². The number of aromatic nitrogens is 3. The minimum Gasteiger partial charge on any atom is -0.496 e. The van der Waals surface area contributed by atoms with Crippen molar-refractivity contribution in [2.75, 3.05) is 12.9 Å². The maximum atomic E-state index is 13.5. The Kier molecular flexibility index (Phi) is 8.31. The van der Waals surface area contributed by atoms with Crippen molar-refractivity contribution in [2.24, 2.45) is 0 Å². The zero-order valence-electron chi connectivity index (χ0n) is 19.3. The Morgan fingerprint density at radius 2 is 1.89 bits per heavy atom. The van der Waals surface area contributed by atoms with Crippen LogP contribution < -0.4 is 10.1 Å². The van der Waals surface area contributed by atoms with Crippen molar-refractivity contribution in [3.63, 3.8) is 0 Å². The summed E-state index contributed by atoms with van der Waals surface area (Å²) in [7, 11) is 1.60. The molecule has 0 saturated carbocycles.